The molecule has 0 atom stereocenters. The van der Waals surface area contributed by atoms with Gasteiger partial charge in [-0.3, -0.25) is 4.90 Å². The molecule has 2 fully saturated rings. The van der Waals surface area contributed by atoms with E-state index in [-0.39, 0.29) is 0 Å². The van der Waals surface area contributed by atoms with Gasteiger partial charge in [0, 0.05) is 37.6 Å². The maximum absolute atomic E-state index is 12.6. The van der Waals surface area contributed by atoms with Crippen LogP contribution in [0, 0.1) is 0 Å². The lowest BCUT2D eigenvalue weighted by Crippen LogP contribution is -2.49. The molecule has 1 heterocycles. The van der Waals surface area contributed by atoms with Gasteiger partial charge in [0.05, 0.1) is 4.90 Å². The number of sulfonamides is 1. The van der Waals surface area contributed by atoms with Crippen LogP contribution in [0.1, 0.15) is 18.4 Å². The zero-order chi connectivity index (χ0) is 14.2. The fraction of sp³-hybridized carbons (Fsp3) is 0.571. The topological polar surface area (TPSA) is 40.6 Å². The Morgan fingerprint density at radius 3 is 2.15 bits per heavy atom. The van der Waals surface area contributed by atoms with Crippen LogP contribution >= 0.6 is 15.9 Å². The van der Waals surface area contributed by atoms with E-state index in [4.69, 9.17) is 0 Å². The maximum atomic E-state index is 12.6. The first-order valence-electron chi connectivity index (χ1n) is 7.00. The van der Waals surface area contributed by atoms with Crippen LogP contribution < -0.4 is 0 Å². The number of hydrogen-bond acceptors (Lipinski definition) is 3. The average molecular weight is 359 g/mol. The van der Waals surface area contributed by atoms with Crippen molar-refractivity contribution in [3.8, 4) is 0 Å². The lowest BCUT2D eigenvalue weighted by atomic mass is 10.2. The molecular formula is C14H19BrN2O2S. The van der Waals surface area contributed by atoms with E-state index in [0.717, 1.165) is 30.0 Å². The summed E-state index contributed by atoms with van der Waals surface area (Å²) in [6.07, 6.45) is 2.56. The van der Waals surface area contributed by atoms with Crippen molar-refractivity contribution in [1.29, 1.82) is 0 Å². The molecule has 1 aliphatic heterocycles. The Labute approximate surface area is 128 Å². The second-order valence-electron chi connectivity index (χ2n) is 5.45. The van der Waals surface area contributed by atoms with Gasteiger partial charge in [-0.05, 0) is 30.5 Å². The van der Waals surface area contributed by atoms with Gasteiger partial charge in [0.15, 0.2) is 0 Å². The Kier molecular flexibility index (Phi) is 4.17. The Bertz CT molecular complexity index is 561. The van der Waals surface area contributed by atoms with Crippen LogP contribution in [-0.4, -0.2) is 49.8 Å². The van der Waals surface area contributed by atoms with E-state index in [1.807, 2.05) is 12.1 Å². The summed E-state index contributed by atoms with van der Waals surface area (Å²) in [6, 6.07) is 7.86. The van der Waals surface area contributed by atoms with Crippen LogP contribution in [0.2, 0.25) is 0 Å². The summed E-state index contributed by atoms with van der Waals surface area (Å²) in [5, 5.41) is 0.743. The molecule has 6 heteroatoms. The third kappa shape index (κ3) is 2.93. The molecule has 1 saturated heterocycles. The molecule has 0 unspecified atom stereocenters. The molecule has 1 aliphatic carbocycles. The first-order chi connectivity index (χ1) is 9.61. The second kappa shape index (κ2) is 5.75. The van der Waals surface area contributed by atoms with Crippen molar-refractivity contribution in [2.75, 3.05) is 26.2 Å². The summed E-state index contributed by atoms with van der Waals surface area (Å²) in [5.74, 6) is 0. The highest BCUT2D eigenvalue weighted by Gasteiger charge is 2.34. The zero-order valence-corrected chi connectivity index (χ0v) is 13.7. The van der Waals surface area contributed by atoms with E-state index in [9.17, 15) is 8.42 Å². The first-order valence-corrected chi connectivity index (χ1v) is 9.56. The minimum atomic E-state index is -3.32. The highest BCUT2D eigenvalue weighted by Crippen LogP contribution is 2.28. The van der Waals surface area contributed by atoms with Crippen molar-refractivity contribution in [3.63, 3.8) is 0 Å². The number of alkyl halides is 1. The maximum Gasteiger partial charge on any atom is 0.243 e. The van der Waals surface area contributed by atoms with Crippen molar-refractivity contribution in [1.82, 2.24) is 9.21 Å². The fourth-order valence-electron chi connectivity index (χ4n) is 2.65. The largest absolute Gasteiger partial charge is 0.298 e. The van der Waals surface area contributed by atoms with Gasteiger partial charge in [-0.25, -0.2) is 8.42 Å². The summed E-state index contributed by atoms with van der Waals surface area (Å²) in [6.45, 7) is 2.95. The SMILES string of the molecule is O=S(=O)(c1ccc(CBr)cc1)N1CCN(C2CC2)CC1. The van der Waals surface area contributed by atoms with Crippen molar-refractivity contribution in [2.24, 2.45) is 0 Å². The van der Waals surface area contributed by atoms with Crippen molar-refractivity contribution in [2.45, 2.75) is 29.1 Å². The molecule has 0 spiro atoms. The molecule has 1 aromatic rings. The molecule has 1 aromatic carbocycles. The van der Waals surface area contributed by atoms with E-state index in [1.165, 1.54) is 12.8 Å². The van der Waals surface area contributed by atoms with Crippen molar-refractivity contribution < 1.29 is 8.42 Å². The molecule has 0 radical (unpaired) electrons. The molecule has 110 valence electrons. The molecule has 0 aromatic heterocycles. The highest BCUT2D eigenvalue weighted by atomic mass is 79.9. The van der Waals surface area contributed by atoms with Crippen molar-refractivity contribution >= 4 is 26.0 Å². The van der Waals surface area contributed by atoms with E-state index in [0.29, 0.717) is 18.0 Å². The molecule has 1 saturated carbocycles. The van der Waals surface area contributed by atoms with E-state index < -0.39 is 10.0 Å². The Morgan fingerprint density at radius 1 is 1.05 bits per heavy atom. The number of benzene rings is 1. The first kappa shape index (κ1) is 14.5. The molecule has 0 N–H and O–H groups in total. The minimum Gasteiger partial charge on any atom is -0.298 e. The number of piperazine rings is 1. The van der Waals surface area contributed by atoms with Crippen LogP contribution in [-0.2, 0) is 15.4 Å². The zero-order valence-electron chi connectivity index (χ0n) is 11.3. The van der Waals surface area contributed by atoms with Crippen LogP contribution in [0.3, 0.4) is 0 Å². The van der Waals surface area contributed by atoms with Gasteiger partial charge in [0.2, 0.25) is 10.0 Å². The van der Waals surface area contributed by atoms with Gasteiger partial charge in [0.1, 0.15) is 0 Å². The van der Waals surface area contributed by atoms with Crippen LogP contribution in [0.4, 0.5) is 0 Å². The lowest BCUT2D eigenvalue weighted by molar-refractivity contribution is 0.180. The lowest BCUT2D eigenvalue weighted by Gasteiger charge is -2.34. The van der Waals surface area contributed by atoms with Gasteiger partial charge in [-0.15, -0.1) is 0 Å². The molecule has 20 heavy (non-hydrogen) atoms. The van der Waals surface area contributed by atoms with Gasteiger partial charge in [0.25, 0.3) is 0 Å². The predicted molar refractivity (Wildman–Crippen MR) is 82.4 cm³/mol. The van der Waals surface area contributed by atoms with Gasteiger partial charge in [-0.1, -0.05) is 28.1 Å². The molecule has 3 rings (SSSR count). The summed E-state index contributed by atoms with van der Waals surface area (Å²) in [5.41, 5.74) is 1.09. The molecular weight excluding hydrogens is 340 g/mol. The van der Waals surface area contributed by atoms with Crippen LogP contribution in [0.25, 0.3) is 0 Å². The predicted octanol–water partition coefficient (Wildman–Crippen LogP) is 2.05. The normalized spacial score (nSPS) is 22.1. The monoisotopic (exact) mass is 358 g/mol. The number of rotatable bonds is 4. The highest BCUT2D eigenvalue weighted by molar-refractivity contribution is 9.08. The Balaban J connectivity index is 1.71. The number of nitrogens with zero attached hydrogens (tertiary/aromatic N) is 2. The average Bonchev–Trinajstić information content (AvgIpc) is 3.32. The van der Waals surface area contributed by atoms with Crippen molar-refractivity contribution in [3.05, 3.63) is 29.8 Å². The summed E-state index contributed by atoms with van der Waals surface area (Å²) in [4.78, 5) is 2.82. The third-order valence-corrected chi connectivity index (χ3v) is 6.61. The second-order valence-corrected chi connectivity index (χ2v) is 7.95. The van der Waals surface area contributed by atoms with E-state index in [2.05, 4.69) is 20.8 Å². The fourth-order valence-corrected chi connectivity index (χ4v) is 4.44. The van der Waals surface area contributed by atoms with E-state index in [1.54, 1.807) is 16.4 Å². The molecule has 0 amide bonds. The van der Waals surface area contributed by atoms with Gasteiger partial charge < -0.3 is 0 Å². The molecule has 4 nitrogen and oxygen atoms in total. The quantitative estimate of drug-likeness (QED) is 0.773. The summed E-state index contributed by atoms with van der Waals surface area (Å²) >= 11 is 3.37. The minimum absolute atomic E-state index is 0.405. The standard InChI is InChI=1S/C14H19BrN2O2S/c15-11-12-1-5-14(6-2-12)20(18,19)17-9-7-16(8-10-17)13-3-4-13/h1-2,5-6,13H,3-4,7-11H2. The molecule has 0 bridgehead atoms. The Hall–Kier alpha value is -0.430. The van der Waals surface area contributed by atoms with Crippen LogP contribution in [0.15, 0.2) is 29.2 Å². The Morgan fingerprint density at radius 2 is 1.65 bits per heavy atom. The summed E-state index contributed by atoms with van der Waals surface area (Å²) in [7, 11) is -3.32. The van der Waals surface area contributed by atoms with Crippen LogP contribution in [0.5, 0.6) is 0 Å². The van der Waals surface area contributed by atoms with E-state index >= 15 is 0 Å². The van der Waals surface area contributed by atoms with Gasteiger partial charge >= 0.3 is 0 Å². The smallest absolute Gasteiger partial charge is 0.243 e. The third-order valence-electron chi connectivity index (χ3n) is 4.05. The van der Waals surface area contributed by atoms with Gasteiger partial charge in [-0.2, -0.15) is 4.31 Å². The summed E-state index contributed by atoms with van der Waals surface area (Å²) < 4.78 is 26.8. The number of hydrogen-bond donors (Lipinski definition) is 0. The molecule has 2 aliphatic rings. The number of halogens is 1.